The monoisotopic (exact) mass is 400 g/mol. The van der Waals surface area contributed by atoms with Gasteiger partial charge in [-0.15, -0.1) is 5.53 Å². The standard InChI is InChI=1S/C22H24N8/c1-23-9-3-11-29-15-18(13-25-29)20-7-8-21-22(26-20)30(28-27-21)14-16-5-6-19-17(12-16)4-2-10-24-19/h2,4-8,10,12-13,15,23,27-28H,3,9,11,14H2,1H3. The zero-order chi connectivity index (χ0) is 20.3. The SMILES string of the molecule is CNCCCn1cc(-c2ccc3c(n2)N(Cc2ccc4ncccc4c2)NN3)cn1. The van der Waals surface area contributed by atoms with Crippen molar-refractivity contribution >= 4 is 22.4 Å². The predicted octanol–water partition coefficient (Wildman–Crippen LogP) is 2.95. The van der Waals surface area contributed by atoms with Crippen LogP contribution in [0.3, 0.4) is 0 Å². The number of hydrogen-bond acceptors (Lipinski definition) is 7. The molecule has 0 atom stereocenters. The van der Waals surface area contributed by atoms with Gasteiger partial charge in [0.05, 0.1) is 29.6 Å². The molecule has 0 unspecified atom stereocenters. The van der Waals surface area contributed by atoms with Crippen LogP contribution in [0.1, 0.15) is 12.0 Å². The molecular formula is C22H24N8. The fourth-order valence-electron chi connectivity index (χ4n) is 3.65. The van der Waals surface area contributed by atoms with E-state index in [1.54, 1.807) is 0 Å². The van der Waals surface area contributed by atoms with E-state index in [-0.39, 0.29) is 0 Å². The Morgan fingerprint density at radius 2 is 2.10 bits per heavy atom. The molecule has 1 aliphatic heterocycles. The predicted molar refractivity (Wildman–Crippen MR) is 119 cm³/mol. The number of aryl methyl sites for hydroxylation is 1. The number of nitrogens with one attached hydrogen (secondary N) is 3. The molecule has 152 valence electrons. The molecular weight excluding hydrogens is 376 g/mol. The molecule has 4 aromatic rings. The van der Waals surface area contributed by atoms with E-state index in [2.05, 4.69) is 56.8 Å². The lowest BCUT2D eigenvalue weighted by atomic mass is 10.1. The smallest absolute Gasteiger partial charge is 0.170 e. The van der Waals surface area contributed by atoms with Crippen molar-refractivity contribution in [2.45, 2.75) is 19.5 Å². The van der Waals surface area contributed by atoms with E-state index >= 15 is 0 Å². The molecule has 1 aliphatic rings. The summed E-state index contributed by atoms with van der Waals surface area (Å²) < 4.78 is 1.97. The minimum Gasteiger partial charge on any atom is -0.320 e. The number of fused-ring (bicyclic) bond motifs is 2. The highest BCUT2D eigenvalue weighted by molar-refractivity contribution is 5.79. The third kappa shape index (κ3) is 3.70. The van der Waals surface area contributed by atoms with Crippen LogP contribution < -0.4 is 21.3 Å². The van der Waals surface area contributed by atoms with Crippen LogP contribution in [0, 0.1) is 0 Å². The van der Waals surface area contributed by atoms with E-state index < -0.39 is 0 Å². The summed E-state index contributed by atoms with van der Waals surface area (Å²) in [5, 5.41) is 10.8. The summed E-state index contributed by atoms with van der Waals surface area (Å²) >= 11 is 0. The molecule has 8 heteroatoms. The number of nitrogens with zero attached hydrogens (tertiary/aromatic N) is 5. The van der Waals surface area contributed by atoms with Crippen molar-refractivity contribution < 1.29 is 0 Å². The summed E-state index contributed by atoms with van der Waals surface area (Å²) in [5.74, 6) is 0.877. The number of rotatable bonds is 7. The zero-order valence-electron chi connectivity index (χ0n) is 16.8. The average Bonchev–Trinajstić information content (AvgIpc) is 3.41. The average molecular weight is 400 g/mol. The highest BCUT2D eigenvalue weighted by Crippen LogP contribution is 2.31. The number of pyridine rings is 2. The second-order valence-electron chi connectivity index (χ2n) is 7.37. The summed E-state index contributed by atoms with van der Waals surface area (Å²) in [7, 11) is 1.96. The van der Waals surface area contributed by atoms with E-state index in [1.807, 2.05) is 47.3 Å². The number of aromatic nitrogens is 4. The minimum absolute atomic E-state index is 0.685. The Bertz CT molecular complexity index is 1170. The molecule has 0 saturated heterocycles. The lowest BCUT2D eigenvalue weighted by molar-refractivity contribution is 0.562. The third-order valence-corrected chi connectivity index (χ3v) is 5.21. The van der Waals surface area contributed by atoms with Gasteiger partial charge in [0.1, 0.15) is 0 Å². The molecule has 0 spiro atoms. The Hall–Kier alpha value is -3.49. The van der Waals surface area contributed by atoms with Crippen LogP contribution in [-0.4, -0.2) is 33.3 Å². The van der Waals surface area contributed by atoms with Gasteiger partial charge in [0.15, 0.2) is 5.82 Å². The summed E-state index contributed by atoms with van der Waals surface area (Å²) in [6.07, 6.45) is 6.79. The summed E-state index contributed by atoms with van der Waals surface area (Å²) in [5.41, 5.74) is 11.5. The van der Waals surface area contributed by atoms with Gasteiger partial charge < -0.3 is 10.7 Å². The molecule has 0 bridgehead atoms. The van der Waals surface area contributed by atoms with Crippen molar-refractivity contribution in [2.24, 2.45) is 0 Å². The molecule has 3 N–H and O–H groups in total. The second-order valence-corrected chi connectivity index (χ2v) is 7.37. The third-order valence-electron chi connectivity index (χ3n) is 5.21. The second kappa shape index (κ2) is 8.10. The van der Waals surface area contributed by atoms with Crippen LogP contribution in [0.15, 0.2) is 61.1 Å². The van der Waals surface area contributed by atoms with Gasteiger partial charge >= 0.3 is 0 Å². The Morgan fingerprint density at radius 3 is 3.03 bits per heavy atom. The number of hydrazine groups is 2. The van der Waals surface area contributed by atoms with Crippen LogP contribution in [0.4, 0.5) is 11.5 Å². The first-order valence-corrected chi connectivity index (χ1v) is 10.1. The molecule has 8 nitrogen and oxygen atoms in total. The summed E-state index contributed by atoms with van der Waals surface area (Å²) in [6, 6.07) is 14.4. The van der Waals surface area contributed by atoms with Gasteiger partial charge in [-0.1, -0.05) is 12.1 Å². The van der Waals surface area contributed by atoms with Gasteiger partial charge in [0, 0.05) is 29.9 Å². The highest BCUT2D eigenvalue weighted by atomic mass is 15.7. The highest BCUT2D eigenvalue weighted by Gasteiger charge is 2.21. The maximum Gasteiger partial charge on any atom is 0.170 e. The molecule has 0 amide bonds. The van der Waals surface area contributed by atoms with Crippen LogP contribution >= 0.6 is 0 Å². The molecule has 5 rings (SSSR count). The maximum absolute atomic E-state index is 4.90. The molecule has 3 aromatic heterocycles. The first-order valence-electron chi connectivity index (χ1n) is 10.1. The lowest BCUT2D eigenvalue weighted by Crippen LogP contribution is -2.35. The van der Waals surface area contributed by atoms with E-state index in [9.17, 15) is 0 Å². The van der Waals surface area contributed by atoms with Crippen LogP contribution in [0.2, 0.25) is 0 Å². The topological polar surface area (TPSA) is 82.9 Å². The zero-order valence-corrected chi connectivity index (χ0v) is 16.8. The first kappa shape index (κ1) is 18.5. The van der Waals surface area contributed by atoms with E-state index in [4.69, 9.17) is 4.98 Å². The number of anilines is 2. The first-order chi connectivity index (χ1) is 14.8. The Labute approximate surface area is 174 Å². The normalized spacial score (nSPS) is 12.9. The molecule has 30 heavy (non-hydrogen) atoms. The Kier molecular flexibility index (Phi) is 5.00. The van der Waals surface area contributed by atoms with Crippen LogP contribution in [-0.2, 0) is 13.1 Å². The van der Waals surface area contributed by atoms with Crippen molar-refractivity contribution in [3.8, 4) is 11.3 Å². The Balaban J connectivity index is 1.36. The number of hydrogen-bond donors (Lipinski definition) is 3. The van der Waals surface area contributed by atoms with Gasteiger partial charge in [0.25, 0.3) is 0 Å². The van der Waals surface area contributed by atoms with Crippen molar-refractivity contribution in [3.63, 3.8) is 0 Å². The lowest BCUT2D eigenvalue weighted by Gasteiger charge is -2.17. The minimum atomic E-state index is 0.685. The summed E-state index contributed by atoms with van der Waals surface area (Å²) in [4.78, 5) is 9.29. The fourth-order valence-corrected chi connectivity index (χ4v) is 3.65. The molecule has 1 aromatic carbocycles. The van der Waals surface area contributed by atoms with Gasteiger partial charge in [-0.2, -0.15) is 5.10 Å². The van der Waals surface area contributed by atoms with Gasteiger partial charge in [-0.3, -0.25) is 14.7 Å². The summed E-state index contributed by atoms with van der Waals surface area (Å²) in [6.45, 7) is 2.55. The van der Waals surface area contributed by atoms with Crippen molar-refractivity contribution in [1.82, 2.24) is 30.6 Å². The van der Waals surface area contributed by atoms with E-state index in [0.29, 0.717) is 6.54 Å². The van der Waals surface area contributed by atoms with Crippen molar-refractivity contribution in [3.05, 3.63) is 66.6 Å². The molecule has 0 fully saturated rings. The Morgan fingerprint density at radius 1 is 1.13 bits per heavy atom. The van der Waals surface area contributed by atoms with Gasteiger partial charge in [-0.05, 0) is 55.9 Å². The molecule has 0 aliphatic carbocycles. The van der Waals surface area contributed by atoms with Gasteiger partial charge in [-0.25, -0.2) is 4.98 Å². The molecule has 4 heterocycles. The largest absolute Gasteiger partial charge is 0.320 e. The van der Waals surface area contributed by atoms with Crippen LogP contribution in [0.5, 0.6) is 0 Å². The molecule has 0 saturated carbocycles. The van der Waals surface area contributed by atoms with E-state index in [1.165, 1.54) is 5.56 Å². The van der Waals surface area contributed by atoms with E-state index in [0.717, 1.165) is 53.2 Å². The quantitative estimate of drug-likeness (QED) is 0.411. The maximum atomic E-state index is 4.90. The number of benzene rings is 1. The van der Waals surface area contributed by atoms with Crippen molar-refractivity contribution in [2.75, 3.05) is 24.0 Å². The fraction of sp³-hybridized carbons (Fsp3) is 0.227. The van der Waals surface area contributed by atoms with Crippen molar-refractivity contribution in [1.29, 1.82) is 0 Å². The van der Waals surface area contributed by atoms with Crippen LogP contribution in [0.25, 0.3) is 22.2 Å². The van der Waals surface area contributed by atoms with Gasteiger partial charge in [0.2, 0.25) is 0 Å². The molecule has 0 radical (unpaired) electrons.